The minimum Gasteiger partial charge on any atom is -0.494 e. The van der Waals surface area contributed by atoms with E-state index in [2.05, 4.69) is 20.2 Å². The van der Waals surface area contributed by atoms with Gasteiger partial charge in [0, 0.05) is 19.5 Å². The Morgan fingerprint density at radius 2 is 1.56 bits per heavy atom. The van der Waals surface area contributed by atoms with Crippen molar-refractivity contribution in [3.8, 4) is 17.2 Å². The van der Waals surface area contributed by atoms with Crippen LogP contribution in [0.2, 0.25) is 5.02 Å². The summed E-state index contributed by atoms with van der Waals surface area (Å²) in [4.78, 5) is 8.26. The second kappa shape index (κ2) is 12.0. The lowest BCUT2D eigenvalue weighted by Crippen LogP contribution is -2.30. The number of hydrogen-bond acceptors (Lipinski definition) is 10. The van der Waals surface area contributed by atoms with E-state index in [0.29, 0.717) is 28.0 Å². The zero-order valence-corrected chi connectivity index (χ0v) is 22.6. The Kier molecular flexibility index (Phi) is 9.23. The molecule has 11 nitrogen and oxygen atoms in total. The molecule has 0 aliphatic carbocycles. The van der Waals surface area contributed by atoms with Crippen molar-refractivity contribution in [3.63, 3.8) is 0 Å². The lowest BCUT2D eigenvalue weighted by molar-refractivity contribution is 0.0603. The van der Waals surface area contributed by atoms with Gasteiger partial charge < -0.3 is 18.9 Å². The Bertz CT molecular complexity index is 1240. The first kappa shape index (κ1) is 27.8. The van der Waals surface area contributed by atoms with Crippen LogP contribution in [0.15, 0.2) is 30.6 Å². The normalized spacial score (nSPS) is 13.6. The second-order valence-electron chi connectivity index (χ2n) is 8.17. The van der Waals surface area contributed by atoms with Crippen molar-refractivity contribution in [2.75, 3.05) is 21.3 Å². The summed E-state index contributed by atoms with van der Waals surface area (Å²) in [5, 5.41) is 7.77. The summed E-state index contributed by atoms with van der Waals surface area (Å²) in [5.74, 6) is 1.23. The Morgan fingerprint density at radius 3 is 2.08 bits per heavy atom. The summed E-state index contributed by atoms with van der Waals surface area (Å²) in [7, 11) is 0.576. The van der Waals surface area contributed by atoms with Gasteiger partial charge in [0.2, 0.25) is 0 Å². The van der Waals surface area contributed by atoms with E-state index in [1.807, 2.05) is 13.8 Å². The van der Waals surface area contributed by atoms with Gasteiger partial charge in [-0.25, -0.2) is 18.4 Å². The number of halogens is 1. The fourth-order valence-electron chi connectivity index (χ4n) is 3.57. The van der Waals surface area contributed by atoms with Crippen molar-refractivity contribution < 1.29 is 27.4 Å². The Morgan fingerprint density at radius 1 is 0.972 bits per heavy atom. The van der Waals surface area contributed by atoms with Crippen molar-refractivity contribution in [1.82, 2.24) is 24.7 Å². The van der Waals surface area contributed by atoms with Gasteiger partial charge >= 0.3 is 0 Å². The van der Waals surface area contributed by atoms with Crippen LogP contribution < -0.4 is 9.47 Å². The fourth-order valence-corrected chi connectivity index (χ4v) is 5.08. The predicted octanol–water partition coefficient (Wildman–Crippen LogP) is 3.34. The zero-order valence-electron chi connectivity index (χ0n) is 21.0. The lowest BCUT2D eigenvalue weighted by atomic mass is 10.2. The first-order chi connectivity index (χ1) is 17.1. The fraction of sp³-hybridized carbons (Fsp3) is 0.478. The molecule has 196 valence electrons. The number of hydrogen-bond donors (Lipinski definition) is 0. The molecule has 2 heterocycles. The molecular formula is C23H30ClN5O6S. The number of benzene rings is 1. The van der Waals surface area contributed by atoms with Crippen molar-refractivity contribution in [1.29, 1.82) is 0 Å². The van der Waals surface area contributed by atoms with Crippen LogP contribution in [-0.2, 0) is 31.7 Å². The van der Waals surface area contributed by atoms with Gasteiger partial charge in [-0.1, -0.05) is 17.7 Å². The lowest BCUT2D eigenvalue weighted by Gasteiger charge is -2.22. The monoisotopic (exact) mass is 539 g/mol. The molecule has 0 radical (unpaired) electrons. The third-order valence-corrected chi connectivity index (χ3v) is 7.68. The third-order valence-electron chi connectivity index (χ3n) is 5.44. The summed E-state index contributed by atoms with van der Waals surface area (Å²) in [6, 6.07) is 5.25. The van der Waals surface area contributed by atoms with Crippen LogP contribution >= 0.6 is 11.6 Å². The maximum Gasteiger partial charge on any atom is 0.163 e. The molecule has 0 saturated carbocycles. The molecule has 0 N–H and O–H groups in total. The predicted molar refractivity (Wildman–Crippen MR) is 133 cm³/mol. The van der Waals surface area contributed by atoms with Gasteiger partial charge in [-0.2, -0.15) is 0 Å². The highest BCUT2D eigenvalue weighted by Crippen LogP contribution is 2.35. The molecular weight excluding hydrogens is 510 g/mol. The standard InChI is InChI=1S/C23H30ClN5O6S/c1-14(2)35-12-19-27-28-20(29(19)21-17(32-4)8-7-9-18(21)33-5)13-36(30,31)15(3)22(34-6)23-25-10-16(24)11-26-23/h7-11,14-15,22H,12-13H2,1-6H3/t15-,22-/m0/s1. The number of para-hydroxylation sites is 1. The first-order valence-electron chi connectivity index (χ1n) is 11.1. The molecule has 13 heteroatoms. The van der Waals surface area contributed by atoms with E-state index in [1.54, 1.807) is 22.8 Å². The van der Waals surface area contributed by atoms with E-state index in [0.717, 1.165) is 0 Å². The molecule has 0 fully saturated rings. The summed E-state index contributed by atoms with van der Waals surface area (Å²) < 4.78 is 51.1. The highest BCUT2D eigenvalue weighted by Gasteiger charge is 2.35. The van der Waals surface area contributed by atoms with E-state index in [1.165, 1.54) is 40.6 Å². The third kappa shape index (κ3) is 6.12. The number of sulfone groups is 1. The molecule has 36 heavy (non-hydrogen) atoms. The largest absolute Gasteiger partial charge is 0.494 e. The summed E-state index contributed by atoms with van der Waals surface area (Å²) in [5.41, 5.74) is 0.469. The van der Waals surface area contributed by atoms with Crippen molar-refractivity contribution in [3.05, 3.63) is 53.1 Å². The minimum atomic E-state index is -3.85. The van der Waals surface area contributed by atoms with Crippen molar-refractivity contribution >= 4 is 21.4 Å². The number of aromatic nitrogens is 5. The molecule has 2 atom stereocenters. The molecule has 3 aromatic rings. The van der Waals surface area contributed by atoms with E-state index in [9.17, 15) is 8.42 Å². The van der Waals surface area contributed by atoms with Crippen LogP contribution in [0.25, 0.3) is 5.69 Å². The molecule has 0 amide bonds. The van der Waals surface area contributed by atoms with Gasteiger partial charge in [-0.05, 0) is 32.9 Å². The maximum atomic E-state index is 13.6. The Balaban J connectivity index is 2.06. The first-order valence-corrected chi connectivity index (χ1v) is 13.2. The summed E-state index contributed by atoms with van der Waals surface area (Å²) in [6.45, 7) is 5.41. The van der Waals surface area contributed by atoms with E-state index < -0.39 is 26.9 Å². The van der Waals surface area contributed by atoms with E-state index in [-0.39, 0.29) is 24.4 Å². The van der Waals surface area contributed by atoms with Crippen molar-refractivity contribution in [2.24, 2.45) is 0 Å². The van der Waals surface area contributed by atoms with Gasteiger partial charge in [0.15, 0.2) is 27.3 Å². The second-order valence-corrected chi connectivity index (χ2v) is 11.0. The van der Waals surface area contributed by atoms with Crippen LogP contribution in [0, 0.1) is 0 Å². The van der Waals surface area contributed by atoms with Crippen LogP contribution in [0.5, 0.6) is 11.5 Å². The Hall–Kier alpha value is -2.80. The topological polar surface area (TPSA) is 128 Å². The number of nitrogens with zero attached hydrogens (tertiary/aromatic N) is 5. The SMILES string of the molecule is COc1cccc(OC)c1-n1c(COC(C)C)nnc1CS(=O)(=O)[C@@H](C)[C@H](OC)c1ncc(Cl)cn1. The molecule has 0 bridgehead atoms. The average Bonchev–Trinajstić information content (AvgIpc) is 3.24. The zero-order chi connectivity index (χ0) is 26.5. The van der Waals surface area contributed by atoms with E-state index >= 15 is 0 Å². The smallest absolute Gasteiger partial charge is 0.163 e. The molecule has 0 unspecified atom stereocenters. The molecule has 3 rings (SSSR count). The molecule has 0 saturated heterocycles. The van der Waals surface area contributed by atoms with Crippen LogP contribution in [0.3, 0.4) is 0 Å². The average molecular weight is 540 g/mol. The number of rotatable bonds is 12. The Labute approximate surface area is 215 Å². The highest BCUT2D eigenvalue weighted by molar-refractivity contribution is 7.91. The summed E-state index contributed by atoms with van der Waals surface area (Å²) >= 11 is 5.88. The van der Waals surface area contributed by atoms with Gasteiger partial charge in [0.1, 0.15) is 35.7 Å². The number of ether oxygens (including phenoxy) is 4. The van der Waals surface area contributed by atoms with Gasteiger partial charge in [0.05, 0.1) is 30.6 Å². The van der Waals surface area contributed by atoms with Crippen molar-refractivity contribution in [2.45, 2.75) is 50.6 Å². The molecule has 1 aromatic carbocycles. The maximum absolute atomic E-state index is 13.6. The van der Waals surface area contributed by atoms with Crippen LogP contribution in [-0.4, -0.2) is 65.8 Å². The van der Waals surface area contributed by atoms with Crippen LogP contribution in [0.4, 0.5) is 0 Å². The highest BCUT2D eigenvalue weighted by atomic mass is 35.5. The van der Waals surface area contributed by atoms with Gasteiger partial charge in [-0.3, -0.25) is 4.57 Å². The van der Waals surface area contributed by atoms with E-state index in [4.69, 9.17) is 30.5 Å². The molecule has 0 spiro atoms. The van der Waals surface area contributed by atoms with Gasteiger partial charge in [-0.15, -0.1) is 10.2 Å². The van der Waals surface area contributed by atoms with Gasteiger partial charge in [0.25, 0.3) is 0 Å². The molecule has 2 aromatic heterocycles. The molecule has 0 aliphatic heterocycles. The summed E-state index contributed by atoms with van der Waals surface area (Å²) in [6.07, 6.45) is 1.78. The number of methoxy groups -OCH3 is 3. The van der Waals surface area contributed by atoms with Crippen LogP contribution in [0.1, 0.15) is 44.3 Å². The molecule has 0 aliphatic rings. The minimum absolute atomic E-state index is 0.0799. The quantitative estimate of drug-likeness (QED) is 0.338.